The van der Waals surface area contributed by atoms with Crippen molar-refractivity contribution in [2.24, 2.45) is 0 Å². The highest BCUT2D eigenvalue weighted by Crippen LogP contribution is 2.28. The van der Waals surface area contributed by atoms with Crippen molar-refractivity contribution in [1.29, 1.82) is 0 Å². The van der Waals surface area contributed by atoms with E-state index in [1.165, 1.54) is 0 Å². The van der Waals surface area contributed by atoms with Crippen molar-refractivity contribution in [3.05, 3.63) is 29.8 Å². The highest BCUT2D eigenvalue weighted by molar-refractivity contribution is 5.82. The number of fused-ring (bicyclic) bond motifs is 1. The van der Waals surface area contributed by atoms with Crippen LogP contribution in [0, 0.1) is 0 Å². The molecule has 4 nitrogen and oxygen atoms in total. The molecule has 2 rings (SSSR count). The van der Waals surface area contributed by atoms with Crippen LogP contribution in [0.3, 0.4) is 0 Å². The molecule has 4 heteroatoms. The second kappa shape index (κ2) is 5.61. The minimum absolute atomic E-state index is 0.160. The van der Waals surface area contributed by atoms with Crippen LogP contribution in [-0.4, -0.2) is 29.3 Å². The van der Waals surface area contributed by atoms with Crippen molar-refractivity contribution in [3.63, 3.8) is 0 Å². The lowest BCUT2D eigenvalue weighted by Gasteiger charge is -2.23. The summed E-state index contributed by atoms with van der Waals surface area (Å²) in [6, 6.07) is 7.67. The number of hydrogen-bond donors (Lipinski definition) is 2. The molecule has 104 valence electrons. The number of hydrogen-bond acceptors (Lipinski definition) is 3. The molecule has 2 unspecified atom stereocenters. The van der Waals surface area contributed by atoms with Crippen LogP contribution in [0.4, 0.5) is 0 Å². The molecule has 1 aromatic carbocycles. The smallest absolute Gasteiger partial charge is 0.261 e. The second-order valence-corrected chi connectivity index (χ2v) is 5.38. The molecule has 19 heavy (non-hydrogen) atoms. The van der Waals surface area contributed by atoms with Gasteiger partial charge in [0.25, 0.3) is 5.91 Å². The average Bonchev–Trinajstić information content (AvgIpc) is 2.79. The highest BCUT2D eigenvalue weighted by atomic mass is 16.5. The Morgan fingerprint density at radius 3 is 2.95 bits per heavy atom. The van der Waals surface area contributed by atoms with Gasteiger partial charge < -0.3 is 15.2 Å². The first kappa shape index (κ1) is 13.9. The third-order valence-corrected chi connectivity index (χ3v) is 3.37. The van der Waals surface area contributed by atoms with Gasteiger partial charge in [-0.25, -0.2) is 0 Å². The number of nitrogens with one attached hydrogen (secondary N) is 1. The van der Waals surface area contributed by atoms with E-state index in [9.17, 15) is 9.90 Å². The van der Waals surface area contributed by atoms with Crippen molar-refractivity contribution in [2.45, 2.75) is 44.8 Å². The van der Waals surface area contributed by atoms with E-state index in [0.29, 0.717) is 12.8 Å². The Hall–Kier alpha value is -1.55. The Bertz CT molecular complexity index is 431. The summed E-state index contributed by atoms with van der Waals surface area (Å²) in [5, 5.41) is 12.8. The molecule has 0 aromatic heterocycles. The number of rotatable bonds is 5. The third kappa shape index (κ3) is 3.47. The van der Waals surface area contributed by atoms with Gasteiger partial charge in [0, 0.05) is 13.0 Å². The fourth-order valence-corrected chi connectivity index (χ4v) is 2.35. The van der Waals surface area contributed by atoms with Gasteiger partial charge in [-0.05, 0) is 25.0 Å². The molecule has 1 amide bonds. The Morgan fingerprint density at radius 1 is 1.53 bits per heavy atom. The second-order valence-electron chi connectivity index (χ2n) is 5.38. The predicted octanol–water partition coefficient (Wildman–Crippen LogP) is 1.66. The Balaban J connectivity index is 1.86. The maximum absolute atomic E-state index is 12.0. The molecule has 0 radical (unpaired) electrons. The lowest BCUT2D eigenvalue weighted by molar-refractivity contribution is -0.128. The van der Waals surface area contributed by atoms with Gasteiger partial charge in [-0.15, -0.1) is 0 Å². The summed E-state index contributed by atoms with van der Waals surface area (Å²) in [6.45, 7) is 4.00. The van der Waals surface area contributed by atoms with E-state index in [1.807, 2.05) is 31.2 Å². The van der Waals surface area contributed by atoms with Gasteiger partial charge in [0.1, 0.15) is 5.75 Å². The first-order valence-electron chi connectivity index (χ1n) is 6.76. The van der Waals surface area contributed by atoms with Crippen LogP contribution in [0.1, 0.15) is 32.3 Å². The van der Waals surface area contributed by atoms with Crippen LogP contribution >= 0.6 is 0 Å². The van der Waals surface area contributed by atoms with Gasteiger partial charge in [0.05, 0.1) is 5.60 Å². The summed E-state index contributed by atoms with van der Waals surface area (Å²) in [6.07, 6.45) is 1.67. The number of carbonyl (C=O) groups is 1. The van der Waals surface area contributed by atoms with Crippen molar-refractivity contribution >= 4 is 5.91 Å². The fourth-order valence-electron chi connectivity index (χ4n) is 2.35. The average molecular weight is 263 g/mol. The van der Waals surface area contributed by atoms with E-state index < -0.39 is 11.7 Å². The largest absolute Gasteiger partial charge is 0.480 e. The van der Waals surface area contributed by atoms with Crippen molar-refractivity contribution in [2.75, 3.05) is 6.54 Å². The van der Waals surface area contributed by atoms with Crippen LogP contribution in [0.5, 0.6) is 5.75 Å². The number of amides is 1. The fraction of sp³-hybridized carbons (Fsp3) is 0.533. The van der Waals surface area contributed by atoms with Crippen molar-refractivity contribution in [3.8, 4) is 5.75 Å². The van der Waals surface area contributed by atoms with E-state index >= 15 is 0 Å². The first-order chi connectivity index (χ1) is 9.02. The molecular formula is C15H21NO3. The van der Waals surface area contributed by atoms with Gasteiger partial charge in [0.15, 0.2) is 6.10 Å². The van der Waals surface area contributed by atoms with Gasteiger partial charge in [0.2, 0.25) is 0 Å². The maximum atomic E-state index is 12.0. The quantitative estimate of drug-likeness (QED) is 0.849. The normalized spacial score (nSPS) is 20.3. The molecule has 0 spiro atoms. The lowest BCUT2D eigenvalue weighted by Crippen LogP contribution is -2.45. The lowest BCUT2D eigenvalue weighted by atomic mass is 10.0. The van der Waals surface area contributed by atoms with Gasteiger partial charge in [-0.2, -0.15) is 0 Å². The SMILES string of the molecule is CCCC(C)(O)CNC(=O)C1Cc2ccccc2O1. The summed E-state index contributed by atoms with van der Waals surface area (Å²) in [4.78, 5) is 12.0. The van der Waals surface area contributed by atoms with Gasteiger partial charge in [-0.3, -0.25) is 4.79 Å². The first-order valence-corrected chi connectivity index (χ1v) is 6.76. The highest BCUT2D eigenvalue weighted by Gasteiger charge is 2.30. The zero-order chi connectivity index (χ0) is 13.9. The number of ether oxygens (including phenoxy) is 1. The van der Waals surface area contributed by atoms with Crippen LogP contribution in [0.15, 0.2) is 24.3 Å². The van der Waals surface area contributed by atoms with Gasteiger partial charge in [-0.1, -0.05) is 31.5 Å². The molecule has 0 fully saturated rings. The summed E-state index contributed by atoms with van der Waals surface area (Å²) in [7, 11) is 0. The molecule has 0 saturated carbocycles. The van der Waals surface area contributed by atoms with Crippen LogP contribution in [0.2, 0.25) is 0 Å². The zero-order valence-electron chi connectivity index (χ0n) is 11.5. The minimum atomic E-state index is -0.851. The Morgan fingerprint density at radius 2 is 2.26 bits per heavy atom. The molecule has 1 aliphatic heterocycles. The van der Waals surface area contributed by atoms with Crippen molar-refractivity contribution in [1.82, 2.24) is 5.32 Å². The Labute approximate surface area is 113 Å². The molecule has 0 saturated heterocycles. The zero-order valence-corrected chi connectivity index (χ0v) is 11.5. The number of carbonyl (C=O) groups excluding carboxylic acids is 1. The van der Waals surface area contributed by atoms with Crippen LogP contribution in [-0.2, 0) is 11.2 Å². The molecule has 1 aromatic rings. The van der Waals surface area contributed by atoms with Gasteiger partial charge >= 0.3 is 0 Å². The summed E-state index contributed by atoms with van der Waals surface area (Å²) >= 11 is 0. The van der Waals surface area contributed by atoms with E-state index in [0.717, 1.165) is 17.7 Å². The molecular weight excluding hydrogens is 242 g/mol. The minimum Gasteiger partial charge on any atom is -0.480 e. The van der Waals surface area contributed by atoms with Crippen LogP contribution < -0.4 is 10.1 Å². The van der Waals surface area contributed by atoms with E-state index in [2.05, 4.69) is 5.32 Å². The molecule has 2 N–H and O–H groups in total. The number of benzene rings is 1. The third-order valence-electron chi connectivity index (χ3n) is 3.37. The standard InChI is InChI=1S/C15H21NO3/c1-3-8-15(2,18)10-16-14(17)13-9-11-6-4-5-7-12(11)19-13/h4-7,13,18H,3,8-10H2,1-2H3,(H,16,17). The summed E-state index contributed by atoms with van der Waals surface area (Å²) < 4.78 is 5.60. The predicted molar refractivity (Wildman–Crippen MR) is 73.1 cm³/mol. The van der Waals surface area contributed by atoms with Crippen molar-refractivity contribution < 1.29 is 14.6 Å². The monoisotopic (exact) mass is 263 g/mol. The van der Waals surface area contributed by atoms with E-state index in [4.69, 9.17) is 4.74 Å². The van der Waals surface area contributed by atoms with E-state index in [-0.39, 0.29) is 12.5 Å². The topological polar surface area (TPSA) is 58.6 Å². The molecule has 0 bridgehead atoms. The molecule has 0 aliphatic carbocycles. The molecule has 1 aliphatic rings. The van der Waals surface area contributed by atoms with E-state index in [1.54, 1.807) is 6.92 Å². The maximum Gasteiger partial charge on any atom is 0.261 e. The summed E-state index contributed by atoms with van der Waals surface area (Å²) in [5.41, 5.74) is 0.207. The summed E-state index contributed by atoms with van der Waals surface area (Å²) in [5.74, 6) is 0.621. The number of para-hydroxylation sites is 1. The molecule has 1 heterocycles. The Kier molecular flexibility index (Phi) is 4.10. The molecule has 2 atom stereocenters. The van der Waals surface area contributed by atoms with Crippen LogP contribution in [0.25, 0.3) is 0 Å². The number of aliphatic hydroxyl groups is 1.